The van der Waals surface area contributed by atoms with Crippen LogP contribution in [0.25, 0.3) is 0 Å². The number of carbonyl (C=O) groups excluding carboxylic acids is 2. The molecule has 1 unspecified atom stereocenters. The summed E-state index contributed by atoms with van der Waals surface area (Å²) in [4.78, 5) is 41.7. The number of nitrogens with one attached hydrogen (secondary N) is 1. The number of rotatable bonds is 5. The summed E-state index contributed by atoms with van der Waals surface area (Å²) in [5.74, 6) is -0.160. The maximum Gasteiger partial charge on any atom is 0.270 e. The Labute approximate surface area is 170 Å². The number of hydrogen-bond acceptors (Lipinski definition) is 6. The summed E-state index contributed by atoms with van der Waals surface area (Å²) in [5, 5.41) is 13.6. The topological polar surface area (TPSA) is 99.0 Å². The van der Waals surface area contributed by atoms with Crippen LogP contribution in [0.4, 0.5) is 11.4 Å². The van der Waals surface area contributed by atoms with Crippen molar-refractivity contribution in [1.29, 1.82) is 0 Å². The van der Waals surface area contributed by atoms with Gasteiger partial charge in [-0.3, -0.25) is 24.6 Å². The highest BCUT2D eigenvalue weighted by Gasteiger charge is 2.27. The zero-order valence-corrected chi connectivity index (χ0v) is 17.1. The zero-order chi connectivity index (χ0) is 21.0. The van der Waals surface area contributed by atoms with Gasteiger partial charge < -0.3 is 15.1 Å². The molecule has 2 aliphatic heterocycles. The average molecular weight is 403 g/mol. The van der Waals surface area contributed by atoms with Crippen LogP contribution in [0.3, 0.4) is 0 Å². The minimum atomic E-state index is -0.499. The van der Waals surface area contributed by atoms with Crippen molar-refractivity contribution in [3.05, 3.63) is 33.9 Å². The molecule has 2 fully saturated rings. The molecule has 2 aliphatic rings. The number of nitro groups is 1. The van der Waals surface area contributed by atoms with Gasteiger partial charge in [0.25, 0.3) is 11.6 Å². The van der Waals surface area contributed by atoms with E-state index >= 15 is 0 Å². The van der Waals surface area contributed by atoms with E-state index in [9.17, 15) is 19.7 Å². The number of nitro benzene ring substituents is 1. The van der Waals surface area contributed by atoms with Crippen molar-refractivity contribution in [2.45, 2.75) is 32.2 Å². The van der Waals surface area contributed by atoms with Crippen LogP contribution >= 0.6 is 0 Å². The summed E-state index contributed by atoms with van der Waals surface area (Å²) in [6.45, 7) is 6.11. The van der Waals surface area contributed by atoms with Gasteiger partial charge in [0.05, 0.1) is 22.7 Å². The molecule has 2 saturated heterocycles. The Hall–Kier alpha value is -2.68. The predicted molar refractivity (Wildman–Crippen MR) is 110 cm³/mol. The SMILES string of the molecule is CNC(=O)c1cc([N+](=O)[O-])ccc1N1CCN(CC(=O)N2CCCCC2C)CC1. The maximum atomic E-state index is 12.7. The number of piperidine rings is 1. The van der Waals surface area contributed by atoms with Crippen LogP contribution in [0.5, 0.6) is 0 Å². The summed E-state index contributed by atoms with van der Waals surface area (Å²) in [5.41, 5.74) is 0.881. The molecular formula is C20H29N5O4. The van der Waals surface area contributed by atoms with E-state index in [2.05, 4.69) is 22.0 Å². The number of benzene rings is 1. The number of anilines is 1. The summed E-state index contributed by atoms with van der Waals surface area (Å²) in [6.07, 6.45) is 3.33. The number of carbonyl (C=O) groups is 2. The van der Waals surface area contributed by atoms with Gasteiger partial charge in [-0.15, -0.1) is 0 Å². The van der Waals surface area contributed by atoms with Gasteiger partial charge in [0.2, 0.25) is 5.91 Å². The second-order valence-corrected chi connectivity index (χ2v) is 7.73. The Bertz CT molecular complexity index is 776. The third-order valence-electron chi connectivity index (χ3n) is 5.86. The lowest BCUT2D eigenvalue weighted by atomic mass is 10.0. The van der Waals surface area contributed by atoms with Crippen molar-refractivity contribution in [1.82, 2.24) is 15.1 Å². The van der Waals surface area contributed by atoms with Crippen LogP contribution in [0, 0.1) is 10.1 Å². The molecule has 1 atom stereocenters. The number of likely N-dealkylation sites (tertiary alicyclic amines) is 1. The highest BCUT2D eigenvalue weighted by molar-refractivity contribution is 6.00. The van der Waals surface area contributed by atoms with Gasteiger partial charge in [-0.1, -0.05) is 0 Å². The molecule has 29 heavy (non-hydrogen) atoms. The third-order valence-corrected chi connectivity index (χ3v) is 5.86. The number of nitrogens with zero attached hydrogens (tertiary/aromatic N) is 4. The largest absolute Gasteiger partial charge is 0.368 e. The fraction of sp³-hybridized carbons (Fsp3) is 0.600. The van der Waals surface area contributed by atoms with E-state index in [1.54, 1.807) is 6.07 Å². The Morgan fingerprint density at radius 1 is 1.17 bits per heavy atom. The summed E-state index contributed by atoms with van der Waals surface area (Å²) < 4.78 is 0. The molecule has 1 aromatic rings. The monoisotopic (exact) mass is 403 g/mol. The highest BCUT2D eigenvalue weighted by atomic mass is 16.6. The lowest BCUT2D eigenvalue weighted by Gasteiger charge is -2.39. The zero-order valence-electron chi connectivity index (χ0n) is 17.1. The molecule has 0 aromatic heterocycles. The van der Waals surface area contributed by atoms with Gasteiger partial charge in [0, 0.05) is 57.9 Å². The predicted octanol–water partition coefficient (Wildman–Crippen LogP) is 1.48. The summed E-state index contributed by atoms with van der Waals surface area (Å²) in [6, 6.07) is 4.70. The molecule has 1 N–H and O–H groups in total. The van der Waals surface area contributed by atoms with Gasteiger partial charge in [-0.25, -0.2) is 0 Å². The van der Waals surface area contributed by atoms with E-state index in [4.69, 9.17) is 0 Å². The highest BCUT2D eigenvalue weighted by Crippen LogP contribution is 2.27. The fourth-order valence-corrected chi connectivity index (χ4v) is 4.13. The first-order chi connectivity index (χ1) is 13.9. The lowest BCUT2D eigenvalue weighted by Crippen LogP contribution is -2.52. The average Bonchev–Trinajstić information content (AvgIpc) is 2.73. The molecule has 158 valence electrons. The second-order valence-electron chi connectivity index (χ2n) is 7.73. The Morgan fingerprint density at radius 3 is 2.52 bits per heavy atom. The minimum absolute atomic E-state index is 0.104. The molecule has 2 amide bonds. The van der Waals surface area contributed by atoms with Crippen LogP contribution in [-0.2, 0) is 4.79 Å². The number of piperazine rings is 1. The first kappa shape index (κ1) is 21.0. The second kappa shape index (κ2) is 9.21. The van der Waals surface area contributed by atoms with Crippen molar-refractivity contribution >= 4 is 23.2 Å². The van der Waals surface area contributed by atoms with Crippen LogP contribution in [0.1, 0.15) is 36.5 Å². The Kier molecular flexibility index (Phi) is 6.68. The maximum absolute atomic E-state index is 12.7. The van der Waals surface area contributed by atoms with Gasteiger partial charge in [-0.2, -0.15) is 0 Å². The molecule has 0 bridgehead atoms. The van der Waals surface area contributed by atoms with Crippen LogP contribution in [0.2, 0.25) is 0 Å². The molecule has 2 heterocycles. The van der Waals surface area contributed by atoms with Crippen LogP contribution < -0.4 is 10.2 Å². The molecule has 0 saturated carbocycles. The lowest BCUT2D eigenvalue weighted by molar-refractivity contribution is -0.384. The van der Waals surface area contributed by atoms with Gasteiger partial charge in [0.15, 0.2) is 0 Å². The van der Waals surface area contributed by atoms with E-state index in [0.717, 1.165) is 19.4 Å². The fourth-order valence-electron chi connectivity index (χ4n) is 4.13. The third kappa shape index (κ3) is 4.84. The number of amides is 2. The van der Waals surface area contributed by atoms with Crippen LogP contribution in [-0.4, -0.2) is 78.9 Å². The molecule has 1 aromatic carbocycles. The standard InChI is InChI=1S/C20H29N5O4/c1-15-5-3-4-8-24(15)19(26)14-22-9-11-23(12-10-22)18-7-6-16(25(28)29)13-17(18)20(27)21-2/h6-7,13,15H,3-5,8-12,14H2,1-2H3,(H,21,27). The van der Waals surface area contributed by atoms with E-state index in [1.165, 1.54) is 25.6 Å². The Morgan fingerprint density at radius 2 is 1.90 bits per heavy atom. The molecule has 0 aliphatic carbocycles. The van der Waals surface area contributed by atoms with E-state index in [1.807, 2.05) is 4.90 Å². The molecule has 9 heteroatoms. The molecule has 3 rings (SSSR count). The quantitative estimate of drug-likeness (QED) is 0.591. The first-order valence-electron chi connectivity index (χ1n) is 10.2. The Balaban J connectivity index is 1.63. The van der Waals surface area contributed by atoms with Gasteiger partial charge in [0.1, 0.15) is 0 Å². The minimum Gasteiger partial charge on any atom is -0.368 e. The van der Waals surface area contributed by atoms with Crippen LogP contribution in [0.15, 0.2) is 18.2 Å². The molecule has 9 nitrogen and oxygen atoms in total. The first-order valence-corrected chi connectivity index (χ1v) is 10.2. The van der Waals surface area contributed by atoms with Crippen molar-refractivity contribution in [2.24, 2.45) is 0 Å². The normalized spacial score (nSPS) is 20.4. The molecule has 0 radical (unpaired) electrons. The van der Waals surface area contributed by atoms with E-state index in [-0.39, 0.29) is 17.5 Å². The summed E-state index contributed by atoms with van der Waals surface area (Å²) in [7, 11) is 1.51. The van der Waals surface area contributed by atoms with Gasteiger partial charge in [-0.05, 0) is 32.3 Å². The van der Waals surface area contributed by atoms with E-state index < -0.39 is 4.92 Å². The van der Waals surface area contributed by atoms with Crippen molar-refractivity contribution in [3.8, 4) is 0 Å². The van der Waals surface area contributed by atoms with Crippen molar-refractivity contribution in [2.75, 3.05) is 51.2 Å². The van der Waals surface area contributed by atoms with Crippen molar-refractivity contribution < 1.29 is 14.5 Å². The number of hydrogen-bond donors (Lipinski definition) is 1. The van der Waals surface area contributed by atoms with E-state index in [0.29, 0.717) is 50.0 Å². The molecule has 0 spiro atoms. The summed E-state index contributed by atoms with van der Waals surface area (Å²) >= 11 is 0. The number of non-ortho nitro benzene ring substituents is 1. The smallest absolute Gasteiger partial charge is 0.270 e. The molecular weight excluding hydrogens is 374 g/mol. The van der Waals surface area contributed by atoms with Crippen molar-refractivity contribution in [3.63, 3.8) is 0 Å². The van der Waals surface area contributed by atoms with Gasteiger partial charge >= 0.3 is 0 Å².